The molecule has 0 unspecified atom stereocenters. The molecule has 0 saturated carbocycles. The van der Waals surface area contributed by atoms with Gasteiger partial charge in [-0.1, -0.05) is 6.07 Å². The van der Waals surface area contributed by atoms with Crippen molar-refractivity contribution in [3.8, 4) is 17.2 Å². The van der Waals surface area contributed by atoms with Crippen molar-refractivity contribution >= 4 is 10.0 Å². The molecule has 7 heteroatoms. The van der Waals surface area contributed by atoms with Crippen molar-refractivity contribution in [2.45, 2.75) is 45.2 Å². The zero-order chi connectivity index (χ0) is 20.2. The number of sulfonamides is 1. The van der Waals surface area contributed by atoms with Gasteiger partial charge in [-0.15, -0.1) is 0 Å². The van der Waals surface area contributed by atoms with E-state index in [1.165, 1.54) is 0 Å². The van der Waals surface area contributed by atoms with Crippen LogP contribution >= 0.6 is 0 Å². The highest BCUT2D eigenvalue weighted by Gasteiger charge is 2.19. The highest BCUT2D eigenvalue weighted by Crippen LogP contribution is 2.30. The van der Waals surface area contributed by atoms with E-state index in [2.05, 4.69) is 4.72 Å². The molecule has 0 bridgehead atoms. The van der Waals surface area contributed by atoms with E-state index in [0.717, 1.165) is 11.1 Å². The quantitative estimate of drug-likeness (QED) is 0.742. The van der Waals surface area contributed by atoms with E-state index in [0.29, 0.717) is 22.8 Å². The SMILES string of the molecule is COc1cc(CNS(=O)(=O)c2ccc(OC)c(C)c2C)ccc1OC(C)C. The van der Waals surface area contributed by atoms with Gasteiger partial charge in [0.2, 0.25) is 10.0 Å². The summed E-state index contributed by atoms with van der Waals surface area (Å²) in [6.07, 6.45) is 0.0181. The van der Waals surface area contributed by atoms with Gasteiger partial charge in [-0.25, -0.2) is 13.1 Å². The van der Waals surface area contributed by atoms with Gasteiger partial charge in [-0.3, -0.25) is 0 Å². The molecular formula is C20H27NO5S. The maximum absolute atomic E-state index is 12.7. The Labute approximate surface area is 161 Å². The van der Waals surface area contributed by atoms with Gasteiger partial charge in [0.25, 0.3) is 0 Å². The van der Waals surface area contributed by atoms with Gasteiger partial charge in [0, 0.05) is 6.54 Å². The number of nitrogens with one attached hydrogen (secondary N) is 1. The number of methoxy groups -OCH3 is 2. The number of ether oxygens (including phenoxy) is 3. The Bertz CT molecular complexity index is 907. The smallest absolute Gasteiger partial charge is 0.241 e. The predicted molar refractivity (Wildman–Crippen MR) is 105 cm³/mol. The second kappa shape index (κ2) is 8.63. The number of hydrogen-bond acceptors (Lipinski definition) is 5. The Balaban J connectivity index is 2.22. The average molecular weight is 394 g/mol. The molecule has 27 heavy (non-hydrogen) atoms. The molecule has 0 aliphatic rings. The van der Waals surface area contributed by atoms with Crippen LogP contribution in [0.3, 0.4) is 0 Å². The van der Waals surface area contributed by atoms with Crippen LogP contribution in [0.15, 0.2) is 35.2 Å². The van der Waals surface area contributed by atoms with Crippen molar-refractivity contribution in [1.82, 2.24) is 4.72 Å². The molecule has 0 atom stereocenters. The van der Waals surface area contributed by atoms with E-state index in [-0.39, 0.29) is 17.5 Å². The molecular weight excluding hydrogens is 366 g/mol. The number of hydrogen-bond donors (Lipinski definition) is 1. The Kier molecular flexibility index (Phi) is 6.73. The molecule has 0 aliphatic carbocycles. The van der Waals surface area contributed by atoms with Crippen molar-refractivity contribution in [2.75, 3.05) is 14.2 Å². The molecule has 6 nitrogen and oxygen atoms in total. The maximum atomic E-state index is 12.7. The summed E-state index contributed by atoms with van der Waals surface area (Å²) >= 11 is 0. The first-order valence-corrected chi connectivity index (χ1v) is 10.1. The van der Waals surface area contributed by atoms with Crippen LogP contribution in [0.2, 0.25) is 0 Å². The molecule has 2 aromatic rings. The topological polar surface area (TPSA) is 73.9 Å². The lowest BCUT2D eigenvalue weighted by atomic mass is 10.1. The highest BCUT2D eigenvalue weighted by molar-refractivity contribution is 7.89. The third kappa shape index (κ3) is 4.93. The standard InChI is InChI=1S/C20H27NO5S/c1-13(2)26-18-8-7-16(11-19(18)25-6)12-21-27(22,23)20-10-9-17(24-5)14(3)15(20)4/h7-11,13,21H,12H2,1-6H3. The van der Waals surface area contributed by atoms with Gasteiger partial charge in [0.1, 0.15) is 5.75 Å². The maximum Gasteiger partial charge on any atom is 0.241 e. The summed E-state index contributed by atoms with van der Waals surface area (Å²) in [4.78, 5) is 0.243. The molecule has 0 fully saturated rings. The molecule has 0 aliphatic heterocycles. The van der Waals surface area contributed by atoms with Crippen LogP contribution in [0.4, 0.5) is 0 Å². The molecule has 148 valence electrons. The van der Waals surface area contributed by atoms with Crippen LogP contribution in [-0.2, 0) is 16.6 Å². The Morgan fingerprint density at radius 2 is 1.56 bits per heavy atom. The zero-order valence-electron chi connectivity index (χ0n) is 16.6. The van der Waals surface area contributed by atoms with Crippen molar-refractivity contribution in [2.24, 2.45) is 0 Å². The molecule has 0 spiro atoms. The van der Waals surface area contributed by atoms with E-state index >= 15 is 0 Å². The van der Waals surface area contributed by atoms with Crippen LogP contribution < -0.4 is 18.9 Å². The minimum Gasteiger partial charge on any atom is -0.496 e. The van der Waals surface area contributed by atoms with Crippen molar-refractivity contribution in [3.05, 3.63) is 47.0 Å². The fourth-order valence-electron chi connectivity index (χ4n) is 2.71. The van der Waals surface area contributed by atoms with E-state index in [1.54, 1.807) is 45.4 Å². The summed E-state index contributed by atoms with van der Waals surface area (Å²) in [6.45, 7) is 7.62. The molecule has 0 radical (unpaired) electrons. The lowest BCUT2D eigenvalue weighted by Gasteiger charge is -2.16. The molecule has 0 aromatic heterocycles. The first kappa shape index (κ1) is 21.1. The highest BCUT2D eigenvalue weighted by atomic mass is 32.2. The Morgan fingerprint density at radius 1 is 0.926 bits per heavy atom. The summed E-state index contributed by atoms with van der Waals surface area (Å²) in [5, 5.41) is 0. The van der Waals surface area contributed by atoms with Crippen LogP contribution in [0.1, 0.15) is 30.5 Å². The van der Waals surface area contributed by atoms with Crippen LogP contribution in [0.5, 0.6) is 17.2 Å². The van der Waals surface area contributed by atoms with E-state index < -0.39 is 10.0 Å². The van der Waals surface area contributed by atoms with Crippen molar-refractivity contribution < 1.29 is 22.6 Å². The molecule has 0 heterocycles. The largest absolute Gasteiger partial charge is 0.496 e. The molecule has 1 N–H and O–H groups in total. The average Bonchev–Trinajstić information content (AvgIpc) is 2.62. The Hall–Kier alpha value is -2.25. The van der Waals surface area contributed by atoms with Crippen LogP contribution in [-0.4, -0.2) is 28.7 Å². The molecule has 2 rings (SSSR count). The van der Waals surface area contributed by atoms with E-state index in [9.17, 15) is 8.42 Å². The van der Waals surface area contributed by atoms with Gasteiger partial charge in [-0.05, 0) is 68.7 Å². The summed E-state index contributed by atoms with van der Waals surface area (Å²) in [7, 11) is -0.544. The zero-order valence-corrected chi connectivity index (χ0v) is 17.4. The monoisotopic (exact) mass is 393 g/mol. The molecule has 0 saturated heterocycles. The van der Waals surface area contributed by atoms with Gasteiger partial charge in [0.15, 0.2) is 11.5 Å². The summed E-state index contributed by atoms with van der Waals surface area (Å²) in [5.74, 6) is 1.86. The summed E-state index contributed by atoms with van der Waals surface area (Å²) in [5.41, 5.74) is 2.24. The predicted octanol–water partition coefficient (Wildman–Crippen LogP) is 3.59. The molecule has 0 amide bonds. The third-order valence-corrected chi connectivity index (χ3v) is 5.80. The second-order valence-electron chi connectivity index (χ2n) is 6.49. The van der Waals surface area contributed by atoms with E-state index in [1.807, 2.05) is 26.8 Å². The normalized spacial score (nSPS) is 11.5. The summed E-state index contributed by atoms with van der Waals surface area (Å²) < 4.78 is 44.4. The first-order valence-electron chi connectivity index (χ1n) is 8.67. The lowest BCUT2D eigenvalue weighted by molar-refractivity contribution is 0.230. The van der Waals surface area contributed by atoms with Crippen molar-refractivity contribution in [3.63, 3.8) is 0 Å². The van der Waals surface area contributed by atoms with Gasteiger partial charge in [0.05, 0.1) is 25.2 Å². The van der Waals surface area contributed by atoms with Crippen LogP contribution in [0, 0.1) is 13.8 Å². The fourth-order valence-corrected chi connectivity index (χ4v) is 4.03. The number of rotatable bonds is 8. The summed E-state index contributed by atoms with van der Waals surface area (Å²) in [6, 6.07) is 8.59. The first-order chi connectivity index (χ1) is 12.7. The molecule has 2 aromatic carbocycles. The second-order valence-corrected chi connectivity index (χ2v) is 8.23. The van der Waals surface area contributed by atoms with E-state index in [4.69, 9.17) is 14.2 Å². The minimum atomic E-state index is -3.66. The van der Waals surface area contributed by atoms with Crippen LogP contribution in [0.25, 0.3) is 0 Å². The van der Waals surface area contributed by atoms with Gasteiger partial charge >= 0.3 is 0 Å². The fraction of sp³-hybridized carbons (Fsp3) is 0.400. The Morgan fingerprint density at radius 3 is 2.15 bits per heavy atom. The van der Waals surface area contributed by atoms with Gasteiger partial charge < -0.3 is 14.2 Å². The minimum absolute atomic E-state index is 0.0181. The number of benzene rings is 2. The third-order valence-electron chi connectivity index (χ3n) is 4.25. The van der Waals surface area contributed by atoms with Crippen molar-refractivity contribution in [1.29, 1.82) is 0 Å². The van der Waals surface area contributed by atoms with Gasteiger partial charge in [-0.2, -0.15) is 0 Å². The lowest BCUT2D eigenvalue weighted by Crippen LogP contribution is -2.24.